The van der Waals surface area contributed by atoms with E-state index in [1.165, 1.54) is 23.6 Å². The highest BCUT2D eigenvalue weighted by atomic mass is 32.1. The second kappa shape index (κ2) is 10.6. The van der Waals surface area contributed by atoms with E-state index in [1.54, 1.807) is 38.1 Å². The summed E-state index contributed by atoms with van der Waals surface area (Å²) in [5.41, 5.74) is -0.0301. The van der Waals surface area contributed by atoms with Gasteiger partial charge in [0, 0.05) is 28.0 Å². The second-order valence-electron chi connectivity index (χ2n) is 7.78. The maximum Gasteiger partial charge on any atom is 0.359 e. The van der Waals surface area contributed by atoms with Crippen LogP contribution >= 0.6 is 11.3 Å². The van der Waals surface area contributed by atoms with Crippen LogP contribution in [0.2, 0.25) is 0 Å². The normalized spacial score (nSPS) is 10.8. The van der Waals surface area contributed by atoms with Gasteiger partial charge in [-0.1, -0.05) is 6.07 Å². The van der Waals surface area contributed by atoms with E-state index in [0.29, 0.717) is 23.6 Å². The molecule has 1 N–H and O–H groups in total. The molecule has 0 aliphatic rings. The molecule has 2 aromatic carbocycles. The monoisotopic (exact) mass is 522 g/mol. The molecule has 0 radical (unpaired) electrons. The lowest BCUT2D eigenvalue weighted by atomic mass is 10.1. The molecule has 0 bridgehead atoms. The Morgan fingerprint density at radius 1 is 1.14 bits per heavy atom. The van der Waals surface area contributed by atoms with Gasteiger partial charge in [0.25, 0.3) is 17.2 Å². The third-order valence-electron chi connectivity index (χ3n) is 5.41. The summed E-state index contributed by atoms with van der Waals surface area (Å²) in [4.78, 5) is 49.9. The predicted molar refractivity (Wildman–Crippen MR) is 138 cm³/mol. The Bertz CT molecular complexity index is 1570. The highest BCUT2D eigenvalue weighted by molar-refractivity contribution is 7.16. The number of ether oxygens (including phenoxy) is 2. The Hall–Kier alpha value is -4.58. The molecular weight excluding hydrogens is 500 g/mol. The molecule has 0 saturated heterocycles. The average Bonchev–Trinajstić information content (AvgIpc) is 3.29. The van der Waals surface area contributed by atoms with Crippen molar-refractivity contribution in [2.45, 2.75) is 20.8 Å². The largest absolute Gasteiger partial charge is 0.494 e. The number of benzene rings is 2. The number of amides is 1. The van der Waals surface area contributed by atoms with Crippen molar-refractivity contribution in [3.63, 3.8) is 0 Å². The Morgan fingerprint density at radius 2 is 1.86 bits per heavy atom. The van der Waals surface area contributed by atoms with Gasteiger partial charge in [0.05, 0.1) is 29.2 Å². The van der Waals surface area contributed by atoms with Gasteiger partial charge in [-0.3, -0.25) is 19.7 Å². The van der Waals surface area contributed by atoms with Crippen LogP contribution in [0.1, 0.15) is 40.3 Å². The number of rotatable bonds is 8. The third kappa shape index (κ3) is 5.05. The number of thiophene rings is 1. The number of carbonyl (C=O) groups excluding carboxylic acids is 2. The number of fused-ring (bicyclic) bond motifs is 1. The number of aryl methyl sites for hydroxylation is 1. The van der Waals surface area contributed by atoms with Gasteiger partial charge in [0.2, 0.25) is 0 Å². The zero-order valence-corrected chi connectivity index (χ0v) is 21.0. The summed E-state index contributed by atoms with van der Waals surface area (Å²) in [5, 5.41) is 20.2. The molecule has 0 aliphatic heterocycles. The highest BCUT2D eigenvalue weighted by Crippen LogP contribution is 2.31. The molecule has 0 aliphatic carbocycles. The SMILES string of the molecule is CCOC(=O)c1nn(-c2ccc(OCC)cc2)c(=O)c2c(NC(=O)c3ccc(C)c([N+](=O)[O-])c3)scc12. The smallest absolute Gasteiger partial charge is 0.359 e. The Kier molecular flexibility index (Phi) is 7.30. The molecule has 1 amide bonds. The van der Waals surface area contributed by atoms with Crippen molar-refractivity contribution in [3.8, 4) is 11.4 Å². The van der Waals surface area contributed by atoms with Gasteiger partial charge >= 0.3 is 5.97 Å². The van der Waals surface area contributed by atoms with E-state index in [-0.39, 0.29) is 39.3 Å². The molecule has 4 rings (SSSR count). The number of hydrogen-bond acceptors (Lipinski definition) is 9. The van der Waals surface area contributed by atoms with E-state index < -0.39 is 22.4 Å². The number of carbonyl (C=O) groups is 2. The van der Waals surface area contributed by atoms with Crippen LogP contribution in [-0.2, 0) is 4.74 Å². The average molecular weight is 523 g/mol. The number of aromatic nitrogens is 2. The van der Waals surface area contributed by atoms with Crippen LogP contribution in [0, 0.1) is 17.0 Å². The molecule has 0 unspecified atom stereocenters. The first kappa shape index (κ1) is 25.5. The van der Waals surface area contributed by atoms with Crippen LogP contribution in [0.5, 0.6) is 5.75 Å². The maximum absolute atomic E-state index is 13.5. The molecule has 0 saturated carbocycles. The summed E-state index contributed by atoms with van der Waals surface area (Å²) >= 11 is 1.03. The zero-order chi connectivity index (χ0) is 26.7. The summed E-state index contributed by atoms with van der Waals surface area (Å²) in [7, 11) is 0. The quantitative estimate of drug-likeness (QED) is 0.203. The van der Waals surface area contributed by atoms with E-state index in [0.717, 1.165) is 16.0 Å². The molecule has 12 heteroatoms. The molecule has 2 heterocycles. The zero-order valence-electron chi connectivity index (χ0n) is 20.1. The van der Waals surface area contributed by atoms with Crippen molar-refractivity contribution in [3.05, 3.63) is 85.1 Å². The lowest BCUT2D eigenvalue weighted by molar-refractivity contribution is -0.385. The summed E-state index contributed by atoms with van der Waals surface area (Å²) in [6, 6.07) is 10.7. The number of esters is 1. The van der Waals surface area contributed by atoms with Crippen molar-refractivity contribution in [1.29, 1.82) is 0 Å². The maximum atomic E-state index is 13.5. The van der Waals surface area contributed by atoms with Gasteiger partial charge < -0.3 is 14.8 Å². The van der Waals surface area contributed by atoms with Crippen LogP contribution < -0.4 is 15.6 Å². The van der Waals surface area contributed by atoms with E-state index in [4.69, 9.17) is 9.47 Å². The summed E-state index contributed by atoms with van der Waals surface area (Å²) in [6.07, 6.45) is 0. The molecule has 0 spiro atoms. The van der Waals surface area contributed by atoms with Crippen molar-refractivity contribution < 1.29 is 24.0 Å². The fourth-order valence-electron chi connectivity index (χ4n) is 3.64. The minimum absolute atomic E-state index is 0.0466. The number of nitro benzene ring substituents is 1. The van der Waals surface area contributed by atoms with Gasteiger partial charge in [-0.05, 0) is 51.1 Å². The molecule has 0 atom stereocenters. The molecule has 37 heavy (non-hydrogen) atoms. The van der Waals surface area contributed by atoms with Crippen LogP contribution in [0.4, 0.5) is 10.7 Å². The number of nitrogens with zero attached hydrogens (tertiary/aromatic N) is 3. The van der Waals surface area contributed by atoms with Crippen molar-refractivity contribution in [2.75, 3.05) is 18.5 Å². The Balaban J connectivity index is 1.83. The minimum Gasteiger partial charge on any atom is -0.494 e. The third-order valence-corrected chi connectivity index (χ3v) is 6.30. The molecular formula is C25H22N4O7S. The summed E-state index contributed by atoms with van der Waals surface area (Å²) in [6.45, 7) is 5.64. The standard InChI is InChI=1S/C25H22N4O7S/c1-4-35-17-10-8-16(9-11-17)28-24(31)20-18(21(27-28)25(32)36-5-2)13-37-23(20)26-22(30)15-7-6-14(3)19(12-15)29(33)34/h6-13H,4-5H2,1-3H3,(H,26,30). The van der Waals surface area contributed by atoms with Gasteiger partial charge in [-0.25, -0.2) is 4.79 Å². The fraction of sp³-hybridized carbons (Fsp3) is 0.200. The first-order chi connectivity index (χ1) is 17.7. The van der Waals surface area contributed by atoms with Gasteiger partial charge in [-0.15, -0.1) is 11.3 Å². The number of hydrogen-bond donors (Lipinski definition) is 1. The van der Waals surface area contributed by atoms with Crippen molar-refractivity contribution in [1.82, 2.24) is 9.78 Å². The fourth-order valence-corrected chi connectivity index (χ4v) is 4.57. The van der Waals surface area contributed by atoms with Crippen LogP contribution in [0.25, 0.3) is 16.5 Å². The number of anilines is 1. The lowest BCUT2D eigenvalue weighted by Gasteiger charge is -2.11. The van der Waals surface area contributed by atoms with Gasteiger partial charge in [-0.2, -0.15) is 9.78 Å². The van der Waals surface area contributed by atoms with Crippen LogP contribution in [-0.4, -0.2) is 39.8 Å². The molecule has 11 nitrogen and oxygen atoms in total. The minimum atomic E-state index is -0.725. The van der Waals surface area contributed by atoms with E-state index in [1.807, 2.05) is 6.92 Å². The summed E-state index contributed by atoms with van der Waals surface area (Å²) < 4.78 is 11.6. The van der Waals surface area contributed by atoms with E-state index in [2.05, 4.69) is 10.4 Å². The number of nitrogens with one attached hydrogen (secondary N) is 1. The second-order valence-corrected chi connectivity index (χ2v) is 8.66. The highest BCUT2D eigenvalue weighted by Gasteiger charge is 2.24. The van der Waals surface area contributed by atoms with Crippen LogP contribution in [0.15, 0.2) is 52.6 Å². The first-order valence-electron chi connectivity index (χ1n) is 11.3. The van der Waals surface area contributed by atoms with E-state index >= 15 is 0 Å². The van der Waals surface area contributed by atoms with Crippen LogP contribution in [0.3, 0.4) is 0 Å². The predicted octanol–water partition coefficient (Wildman–Crippen LogP) is 4.49. The topological polar surface area (TPSA) is 143 Å². The van der Waals surface area contributed by atoms with Crippen molar-refractivity contribution in [2.24, 2.45) is 0 Å². The van der Waals surface area contributed by atoms with Gasteiger partial charge in [0.1, 0.15) is 10.8 Å². The summed E-state index contributed by atoms with van der Waals surface area (Å²) in [5.74, 6) is -0.771. The van der Waals surface area contributed by atoms with E-state index in [9.17, 15) is 24.5 Å². The van der Waals surface area contributed by atoms with Crippen molar-refractivity contribution >= 4 is 44.7 Å². The molecule has 4 aromatic rings. The van der Waals surface area contributed by atoms with Gasteiger partial charge in [0.15, 0.2) is 5.69 Å². The molecule has 190 valence electrons. The Labute approximate surface area is 214 Å². The number of nitro groups is 1. The Morgan fingerprint density at radius 3 is 2.51 bits per heavy atom. The lowest BCUT2D eigenvalue weighted by Crippen LogP contribution is -2.25. The molecule has 2 aromatic heterocycles. The molecule has 0 fully saturated rings. The first-order valence-corrected chi connectivity index (χ1v) is 12.1.